The van der Waals surface area contributed by atoms with Crippen LogP contribution in [0, 0.1) is 6.85 Å². The summed E-state index contributed by atoms with van der Waals surface area (Å²) in [6.45, 7) is 2.13. The molecule has 0 N–H and O–H groups in total. The Balaban J connectivity index is 2.16. The highest BCUT2D eigenvalue weighted by molar-refractivity contribution is 5.74. The molecule has 3 aromatic rings. The summed E-state index contributed by atoms with van der Waals surface area (Å²) in [5.41, 5.74) is 4.99. The van der Waals surface area contributed by atoms with Gasteiger partial charge in [-0.2, -0.15) is 0 Å². The average Bonchev–Trinajstić information content (AvgIpc) is 2.61. The zero-order valence-electron chi connectivity index (χ0n) is 15.9. The number of hydrogen-bond donors (Lipinski definition) is 0. The fraction of sp³-hybridized carbons (Fsp3) is 0.190. The monoisotopic (exact) mass is 290 g/mol. The predicted molar refractivity (Wildman–Crippen MR) is 93.9 cm³/mol. The van der Waals surface area contributed by atoms with Crippen LogP contribution < -0.4 is 0 Å². The maximum Gasteiger partial charge on any atom is 0.0705 e. The molecule has 0 unspecified atom stereocenters. The Morgan fingerprint density at radius 1 is 0.909 bits per heavy atom. The van der Waals surface area contributed by atoms with Gasteiger partial charge in [0.25, 0.3) is 0 Å². The van der Waals surface area contributed by atoms with Crippen molar-refractivity contribution in [3.05, 3.63) is 78.0 Å². The van der Waals surface area contributed by atoms with Crippen molar-refractivity contribution in [3.8, 4) is 22.4 Å². The van der Waals surface area contributed by atoms with Gasteiger partial charge in [0.15, 0.2) is 0 Å². The van der Waals surface area contributed by atoms with E-state index in [0.717, 1.165) is 22.4 Å². The van der Waals surface area contributed by atoms with E-state index in [-0.39, 0.29) is 0 Å². The molecular formula is C21H21N. The Hall–Kier alpha value is -2.41. The molecular weight excluding hydrogens is 266 g/mol. The molecule has 0 spiro atoms. The Kier molecular flexibility index (Phi) is 3.13. The molecule has 0 aliphatic carbocycles. The molecule has 0 fully saturated rings. The molecule has 0 aliphatic heterocycles. The lowest BCUT2D eigenvalue weighted by atomic mass is 9.95. The van der Waals surface area contributed by atoms with E-state index in [1.165, 1.54) is 5.56 Å². The maximum atomic E-state index is 7.85. The molecule has 0 aliphatic rings. The summed E-state index contributed by atoms with van der Waals surface area (Å²) in [5.74, 6) is 0.414. The second-order valence-corrected chi connectivity index (χ2v) is 5.76. The zero-order chi connectivity index (χ0) is 18.0. The standard InChI is InChI=1S/C21H21N/c1-15(2)18-11-12-22-21(14-18)19-10-9-16(3)20(13-19)17-7-5-4-6-8-17/h4-15H,1-3H3/i3D3. The highest BCUT2D eigenvalue weighted by atomic mass is 14.7. The van der Waals surface area contributed by atoms with Gasteiger partial charge in [0.2, 0.25) is 0 Å². The van der Waals surface area contributed by atoms with Gasteiger partial charge in [0.05, 0.1) is 5.69 Å². The Labute approximate surface area is 136 Å². The summed E-state index contributed by atoms with van der Waals surface area (Å²) >= 11 is 0. The molecule has 1 heteroatoms. The second-order valence-electron chi connectivity index (χ2n) is 5.76. The Morgan fingerprint density at radius 2 is 1.73 bits per heavy atom. The van der Waals surface area contributed by atoms with Crippen LogP contribution in [-0.2, 0) is 0 Å². The van der Waals surface area contributed by atoms with Crippen LogP contribution in [0.3, 0.4) is 0 Å². The molecule has 0 saturated carbocycles. The molecule has 110 valence electrons. The van der Waals surface area contributed by atoms with E-state index in [0.29, 0.717) is 11.5 Å². The second kappa shape index (κ2) is 6.15. The lowest BCUT2D eigenvalue weighted by Gasteiger charge is -2.11. The number of rotatable bonds is 3. The highest BCUT2D eigenvalue weighted by Gasteiger charge is 2.07. The van der Waals surface area contributed by atoms with E-state index < -0.39 is 6.85 Å². The van der Waals surface area contributed by atoms with Crippen molar-refractivity contribution >= 4 is 0 Å². The number of pyridine rings is 1. The highest BCUT2D eigenvalue weighted by Crippen LogP contribution is 2.29. The van der Waals surface area contributed by atoms with E-state index in [2.05, 4.69) is 24.9 Å². The van der Waals surface area contributed by atoms with Crippen LogP contribution in [0.2, 0.25) is 0 Å². The molecule has 0 radical (unpaired) electrons. The molecule has 1 aromatic heterocycles. The minimum absolute atomic E-state index is 0.363. The van der Waals surface area contributed by atoms with Crippen molar-refractivity contribution < 1.29 is 4.11 Å². The fourth-order valence-corrected chi connectivity index (χ4v) is 2.52. The van der Waals surface area contributed by atoms with Crippen LogP contribution in [0.25, 0.3) is 22.4 Å². The summed E-state index contributed by atoms with van der Waals surface area (Å²) in [6, 6.07) is 19.2. The summed E-state index contributed by atoms with van der Waals surface area (Å²) in [4.78, 5) is 4.48. The molecule has 2 aromatic carbocycles. The van der Waals surface area contributed by atoms with Gasteiger partial charge in [-0.1, -0.05) is 56.3 Å². The quantitative estimate of drug-likeness (QED) is 0.590. The largest absolute Gasteiger partial charge is 0.256 e. The first-order chi connectivity index (χ1) is 11.9. The van der Waals surface area contributed by atoms with Gasteiger partial charge < -0.3 is 0 Å². The van der Waals surface area contributed by atoms with Crippen molar-refractivity contribution in [2.24, 2.45) is 0 Å². The molecule has 1 heterocycles. The van der Waals surface area contributed by atoms with E-state index in [4.69, 9.17) is 4.11 Å². The molecule has 0 amide bonds. The number of hydrogen-bond acceptors (Lipinski definition) is 1. The van der Waals surface area contributed by atoms with Crippen LogP contribution in [-0.4, -0.2) is 4.98 Å². The molecule has 3 rings (SSSR count). The molecule has 0 saturated heterocycles. The van der Waals surface area contributed by atoms with Crippen LogP contribution in [0.4, 0.5) is 0 Å². The van der Waals surface area contributed by atoms with Crippen molar-refractivity contribution in [3.63, 3.8) is 0 Å². The Bertz CT molecular complexity index is 868. The molecule has 22 heavy (non-hydrogen) atoms. The minimum Gasteiger partial charge on any atom is -0.256 e. The van der Waals surface area contributed by atoms with Gasteiger partial charge in [-0.15, -0.1) is 0 Å². The van der Waals surface area contributed by atoms with Crippen molar-refractivity contribution in [2.45, 2.75) is 26.6 Å². The number of aryl methyl sites for hydroxylation is 1. The van der Waals surface area contributed by atoms with E-state index in [1.54, 1.807) is 6.07 Å². The Morgan fingerprint density at radius 3 is 2.45 bits per heavy atom. The van der Waals surface area contributed by atoms with Crippen LogP contribution in [0.15, 0.2) is 66.9 Å². The maximum absolute atomic E-state index is 7.85. The number of nitrogens with zero attached hydrogens (tertiary/aromatic N) is 1. The molecule has 0 bridgehead atoms. The number of benzene rings is 2. The lowest BCUT2D eigenvalue weighted by molar-refractivity contribution is 0.864. The SMILES string of the molecule is [2H]C([2H])([2H])c1ccc(-c2cc(C(C)C)ccn2)cc1-c1ccccc1. The first-order valence-electron chi connectivity index (χ1n) is 9.02. The number of aromatic nitrogens is 1. The van der Waals surface area contributed by atoms with Crippen LogP contribution in [0.1, 0.15) is 35.0 Å². The zero-order valence-corrected chi connectivity index (χ0v) is 12.9. The molecule has 1 nitrogen and oxygen atoms in total. The van der Waals surface area contributed by atoms with E-state index >= 15 is 0 Å². The first kappa shape index (κ1) is 11.2. The van der Waals surface area contributed by atoms with Crippen molar-refractivity contribution in [2.75, 3.05) is 0 Å². The third kappa shape index (κ3) is 2.94. The fourth-order valence-electron chi connectivity index (χ4n) is 2.52. The topological polar surface area (TPSA) is 12.9 Å². The van der Waals surface area contributed by atoms with E-state index in [1.807, 2.05) is 54.7 Å². The van der Waals surface area contributed by atoms with Gasteiger partial charge in [0, 0.05) is 15.9 Å². The normalized spacial score (nSPS) is 13.5. The van der Waals surface area contributed by atoms with Crippen molar-refractivity contribution in [1.29, 1.82) is 0 Å². The average molecular weight is 290 g/mol. The summed E-state index contributed by atoms with van der Waals surface area (Å²) < 4.78 is 23.5. The third-order valence-electron chi connectivity index (χ3n) is 3.85. The smallest absolute Gasteiger partial charge is 0.0705 e. The van der Waals surface area contributed by atoms with Gasteiger partial charge in [-0.05, 0) is 53.2 Å². The molecule has 0 atom stereocenters. The van der Waals surface area contributed by atoms with Gasteiger partial charge in [-0.3, -0.25) is 4.98 Å². The van der Waals surface area contributed by atoms with Crippen LogP contribution >= 0.6 is 0 Å². The van der Waals surface area contributed by atoms with Gasteiger partial charge in [0.1, 0.15) is 0 Å². The predicted octanol–water partition coefficient (Wildman–Crippen LogP) is 5.85. The van der Waals surface area contributed by atoms with Gasteiger partial charge >= 0.3 is 0 Å². The van der Waals surface area contributed by atoms with Gasteiger partial charge in [-0.25, -0.2) is 0 Å². The summed E-state index contributed by atoms with van der Waals surface area (Å²) in [6.07, 6.45) is 1.81. The minimum atomic E-state index is -2.16. The van der Waals surface area contributed by atoms with E-state index in [9.17, 15) is 0 Å². The van der Waals surface area contributed by atoms with Crippen molar-refractivity contribution in [1.82, 2.24) is 4.98 Å². The summed E-state index contributed by atoms with van der Waals surface area (Å²) in [7, 11) is 0. The third-order valence-corrected chi connectivity index (χ3v) is 3.85. The van der Waals surface area contributed by atoms with Crippen LogP contribution in [0.5, 0.6) is 0 Å². The summed E-state index contributed by atoms with van der Waals surface area (Å²) in [5, 5.41) is 0. The first-order valence-corrected chi connectivity index (χ1v) is 7.52. The lowest BCUT2D eigenvalue weighted by Crippen LogP contribution is -1.92.